The van der Waals surface area contributed by atoms with Gasteiger partial charge < -0.3 is 14.9 Å². The highest BCUT2D eigenvalue weighted by atomic mass is 16.6. The predicted octanol–water partition coefficient (Wildman–Crippen LogP) is 0.915. The largest absolute Gasteiger partial charge is 0.499 e. The van der Waals surface area contributed by atoms with Gasteiger partial charge in [-0.1, -0.05) is 0 Å². The fraction of sp³-hybridized carbons (Fsp3) is 0.125. The lowest BCUT2D eigenvalue weighted by Crippen LogP contribution is -2.08. The summed E-state index contributed by atoms with van der Waals surface area (Å²) >= 11 is 0. The quantitative estimate of drug-likeness (QED) is 0.596. The molecule has 0 radical (unpaired) electrons. The van der Waals surface area contributed by atoms with E-state index >= 15 is 0 Å². The van der Waals surface area contributed by atoms with Crippen molar-refractivity contribution < 1.29 is 29.6 Å². The summed E-state index contributed by atoms with van der Waals surface area (Å²) in [7, 11) is 1.02. The third kappa shape index (κ3) is 1.98. The Labute approximate surface area is 98.3 Å². The van der Waals surface area contributed by atoms with Crippen LogP contribution in [-0.4, -0.2) is 33.1 Å². The van der Waals surface area contributed by atoms with Gasteiger partial charge in [-0.3, -0.25) is 20.2 Å². The number of methoxy groups -OCH3 is 1. The van der Waals surface area contributed by atoms with Gasteiger partial charge in [0, 0.05) is 0 Å². The molecule has 0 unspecified atom stereocenters. The third-order valence-corrected chi connectivity index (χ3v) is 2.03. The molecule has 0 aromatic heterocycles. The van der Waals surface area contributed by atoms with Gasteiger partial charge in [-0.2, -0.15) is 0 Å². The first-order valence-corrected chi connectivity index (χ1v) is 4.27. The van der Waals surface area contributed by atoms with E-state index in [0.717, 1.165) is 7.11 Å². The van der Waals surface area contributed by atoms with Crippen LogP contribution in [0.15, 0.2) is 6.07 Å². The van der Waals surface area contributed by atoms with Gasteiger partial charge in [0.2, 0.25) is 11.3 Å². The normalized spacial score (nSPS) is 9.83. The number of hydrogen-bond donors (Lipinski definition) is 2. The number of aromatic hydroxyl groups is 1. The van der Waals surface area contributed by atoms with Crippen LogP contribution in [0.1, 0.15) is 10.4 Å². The average molecular weight is 258 g/mol. The highest BCUT2D eigenvalue weighted by Crippen LogP contribution is 2.43. The zero-order chi connectivity index (χ0) is 14.0. The van der Waals surface area contributed by atoms with Crippen LogP contribution in [0.25, 0.3) is 0 Å². The topological polar surface area (TPSA) is 153 Å². The van der Waals surface area contributed by atoms with E-state index in [0.29, 0.717) is 6.07 Å². The van der Waals surface area contributed by atoms with E-state index in [1.165, 1.54) is 0 Å². The van der Waals surface area contributed by atoms with Gasteiger partial charge in [0.15, 0.2) is 5.75 Å². The van der Waals surface area contributed by atoms with Crippen molar-refractivity contribution in [3.63, 3.8) is 0 Å². The number of rotatable bonds is 4. The lowest BCUT2D eigenvalue weighted by molar-refractivity contribution is -0.395. The van der Waals surface area contributed by atoms with E-state index in [4.69, 9.17) is 5.11 Å². The van der Waals surface area contributed by atoms with E-state index in [9.17, 15) is 30.1 Å². The maximum Gasteiger partial charge on any atom is 0.350 e. The number of phenolic OH excluding ortho intramolecular Hbond substituents is 1. The first kappa shape index (κ1) is 13.2. The Morgan fingerprint density at radius 2 is 1.89 bits per heavy atom. The van der Waals surface area contributed by atoms with Crippen LogP contribution in [0.4, 0.5) is 11.4 Å². The predicted molar refractivity (Wildman–Crippen MR) is 54.9 cm³/mol. The van der Waals surface area contributed by atoms with Crippen LogP contribution >= 0.6 is 0 Å². The number of aromatic carboxylic acids is 1. The molecule has 1 aromatic carbocycles. The zero-order valence-corrected chi connectivity index (χ0v) is 8.82. The molecule has 0 aliphatic carbocycles. The summed E-state index contributed by atoms with van der Waals surface area (Å²) in [6.45, 7) is 0. The van der Waals surface area contributed by atoms with Gasteiger partial charge in [-0.25, -0.2) is 4.79 Å². The highest BCUT2D eigenvalue weighted by molar-refractivity contribution is 5.99. The molecule has 0 fully saturated rings. The Bertz CT molecular complexity index is 553. The van der Waals surface area contributed by atoms with E-state index < -0.39 is 44.3 Å². The number of hydrogen-bond acceptors (Lipinski definition) is 7. The Morgan fingerprint density at radius 1 is 1.33 bits per heavy atom. The van der Waals surface area contributed by atoms with Crippen molar-refractivity contribution in [2.45, 2.75) is 0 Å². The zero-order valence-electron chi connectivity index (χ0n) is 8.82. The fourth-order valence-corrected chi connectivity index (χ4v) is 1.31. The lowest BCUT2D eigenvalue weighted by Gasteiger charge is -2.06. The number of carboxylic acids is 1. The number of nitro groups is 2. The van der Waals surface area contributed by atoms with Crippen molar-refractivity contribution in [2.75, 3.05) is 7.11 Å². The van der Waals surface area contributed by atoms with Crippen LogP contribution in [0, 0.1) is 20.2 Å². The molecule has 0 aliphatic heterocycles. The van der Waals surface area contributed by atoms with E-state index in [1.54, 1.807) is 0 Å². The minimum atomic E-state index is -1.90. The summed E-state index contributed by atoms with van der Waals surface area (Å²) in [5, 5.41) is 39.6. The molecule has 0 amide bonds. The Hall–Kier alpha value is -2.91. The molecule has 0 aliphatic rings. The second-order valence-corrected chi connectivity index (χ2v) is 2.99. The van der Waals surface area contributed by atoms with Gasteiger partial charge >= 0.3 is 11.7 Å². The molecule has 0 saturated heterocycles. The van der Waals surface area contributed by atoms with Gasteiger partial charge in [-0.05, 0) is 0 Å². The summed E-state index contributed by atoms with van der Waals surface area (Å²) in [5.74, 6) is -3.53. The summed E-state index contributed by atoms with van der Waals surface area (Å²) in [6.07, 6.45) is 0. The van der Waals surface area contributed by atoms with Crippen molar-refractivity contribution in [1.29, 1.82) is 0 Å². The van der Waals surface area contributed by atoms with Gasteiger partial charge in [-0.15, -0.1) is 0 Å². The number of ether oxygens (including phenoxy) is 1. The number of nitrogens with zero attached hydrogens (tertiary/aromatic N) is 2. The minimum Gasteiger partial charge on any atom is -0.499 e. The first-order chi connectivity index (χ1) is 8.31. The Balaban J connectivity index is 3.84. The van der Waals surface area contributed by atoms with E-state index in [2.05, 4.69) is 4.74 Å². The molecule has 18 heavy (non-hydrogen) atoms. The van der Waals surface area contributed by atoms with Crippen LogP contribution < -0.4 is 4.74 Å². The molecule has 0 bridgehead atoms. The number of nitro benzene ring substituents is 2. The molecule has 96 valence electrons. The SMILES string of the molecule is COc1cc([N+](=O)[O-])c(C(=O)O)c([N+](=O)[O-])c1O. The standard InChI is InChI=1S/C8H6N2O8/c1-18-4-2-3(9(14)15)5(8(12)13)6(7(4)11)10(16)17/h2,11H,1H3,(H,12,13). The monoisotopic (exact) mass is 258 g/mol. The van der Waals surface area contributed by atoms with Crippen molar-refractivity contribution in [3.05, 3.63) is 31.9 Å². The van der Waals surface area contributed by atoms with Crippen LogP contribution in [0.5, 0.6) is 11.5 Å². The molecule has 1 aromatic rings. The van der Waals surface area contributed by atoms with Gasteiger partial charge in [0.25, 0.3) is 5.69 Å². The van der Waals surface area contributed by atoms with Crippen molar-refractivity contribution >= 4 is 17.3 Å². The third-order valence-electron chi connectivity index (χ3n) is 2.03. The summed E-state index contributed by atoms with van der Waals surface area (Å²) in [4.78, 5) is 29.9. The maximum atomic E-state index is 10.8. The van der Waals surface area contributed by atoms with Crippen LogP contribution in [0.3, 0.4) is 0 Å². The molecule has 0 spiro atoms. The second-order valence-electron chi connectivity index (χ2n) is 2.99. The Kier molecular flexibility index (Phi) is 3.31. The summed E-state index contributed by atoms with van der Waals surface area (Å²) in [6, 6.07) is 0.603. The summed E-state index contributed by atoms with van der Waals surface area (Å²) < 4.78 is 4.51. The molecule has 10 heteroatoms. The van der Waals surface area contributed by atoms with Crippen molar-refractivity contribution in [2.24, 2.45) is 0 Å². The molecule has 10 nitrogen and oxygen atoms in total. The number of phenols is 1. The highest BCUT2D eigenvalue weighted by Gasteiger charge is 2.37. The summed E-state index contributed by atoms with van der Waals surface area (Å²) in [5.41, 5.74) is -3.53. The first-order valence-electron chi connectivity index (χ1n) is 4.27. The number of carbonyl (C=O) groups is 1. The molecule has 1 rings (SSSR count). The van der Waals surface area contributed by atoms with Crippen LogP contribution in [-0.2, 0) is 0 Å². The van der Waals surface area contributed by atoms with E-state index in [-0.39, 0.29) is 0 Å². The fourth-order valence-electron chi connectivity index (χ4n) is 1.31. The molecule has 2 N–H and O–H groups in total. The minimum absolute atomic E-state index is 0.557. The molecular formula is C8H6N2O8. The molecular weight excluding hydrogens is 252 g/mol. The second kappa shape index (κ2) is 4.53. The van der Waals surface area contributed by atoms with E-state index in [1.807, 2.05) is 0 Å². The molecule has 0 atom stereocenters. The van der Waals surface area contributed by atoms with Gasteiger partial charge in [0.1, 0.15) is 0 Å². The molecule has 0 heterocycles. The van der Waals surface area contributed by atoms with Gasteiger partial charge in [0.05, 0.1) is 23.0 Å². The molecule has 0 saturated carbocycles. The Morgan fingerprint density at radius 3 is 2.22 bits per heavy atom. The lowest BCUT2D eigenvalue weighted by atomic mass is 10.1. The van der Waals surface area contributed by atoms with Crippen molar-refractivity contribution in [1.82, 2.24) is 0 Å². The van der Waals surface area contributed by atoms with Crippen molar-refractivity contribution in [3.8, 4) is 11.5 Å². The number of benzene rings is 1. The number of carboxylic acid groups (broad SMARTS) is 1. The average Bonchev–Trinajstić information content (AvgIpc) is 2.26. The smallest absolute Gasteiger partial charge is 0.350 e. The van der Waals surface area contributed by atoms with Crippen LogP contribution in [0.2, 0.25) is 0 Å². The maximum absolute atomic E-state index is 10.8.